The summed E-state index contributed by atoms with van der Waals surface area (Å²) in [5, 5.41) is 0. The Bertz CT molecular complexity index is 443. The van der Waals surface area contributed by atoms with Crippen molar-refractivity contribution < 1.29 is 23.8 Å². The van der Waals surface area contributed by atoms with Crippen LogP contribution in [0.1, 0.15) is 18.9 Å². The average Bonchev–Trinajstić information content (AvgIpc) is 2.51. The molecule has 116 valence electrons. The van der Waals surface area contributed by atoms with E-state index in [0.29, 0.717) is 13.2 Å². The molecular weight excluding hydrogens is 272 g/mol. The number of hydrogen-bond acceptors (Lipinski definition) is 5. The topological polar surface area (TPSA) is 61.8 Å². The van der Waals surface area contributed by atoms with Gasteiger partial charge in [-0.3, -0.25) is 9.59 Å². The zero-order valence-corrected chi connectivity index (χ0v) is 12.7. The van der Waals surface area contributed by atoms with E-state index in [9.17, 15) is 9.59 Å². The zero-order chi connectivity index (χ0) is 15.7. The Morgan fingerprint density at radius 3 is 2.38 bits per heavy atom. The molecule has 5 heteroatoms. The maximum Gasteiger partial charge on any atom is 0.313 e. The number of Topliss-reactive ketones (excluding diaryl/α,β-unsaturated/α-hetero) is 1. The molecule has 1 aromatic carbocycles. The van der Waals surface area contributed by atoms with Crippen LogP contribution in [0.15, 0.2) is 30.3 Å². The molecule has 2 unspecified atom stereocenters. The minimum atomic E-state index is -0.535. The molecule has 0 N–H and O–H groups in total. The summed E-state index contributed by atoms with van der Waals surface area (Å²) in [5.41, 5.74) is 1.06. The van der Waals surface area contributed by atoms with Gasteiger partial charge in [-0.15, -0.1) is 0 Å². The van der Waals surface area contributed by atoms with Crippen LogP contribution in [0.5, 0.6) is 0 Å². The number of hydrogen-bond donors (Lipinski definition) is 0. The number of ether oxygens (including phenoxy) is 3. The van der Waals surface area contributed by atoms with Crippen molar-refractivity contribution in [3.63, 3.8) is 0 Å². The molecule has 0 saturated heterocycles. The number of esters is 1. The molecule has 21 heavy (non-hydrogen) atoms. The van der Waals surface area contributed by atoms with Crippen LogP contribution in [0, 0.1) is 5.92 Å². The van der Waals surface area contributed by atoms with Gasteiger partial charge in [0.2, 0.25) is 0 Å². The van der Waals surface area contributed by atoms with Crippen molar-refractivity contribution >= 4 is 11.8 Å². The lowest BCUT2D eigenvalue weighted by molar-refractivity contribution is -0.145. The summed E-state index contributed by atoms with van der Waals surface area (Å²) < 4.78 is 15.4. The third-order valence-electron chi connectivity index (χ3n) is 3.31. The van der Waals surface area contributed by atoms with Gasteiger partial charge in [-0.2, -0.15) is 0 Å². The lowest BCUT2D eigenvalue weighted by Gasteiger charge is -2.21. The Balaban J connectivity index is 2.42. The van der Waals surface area contributed by atoms with E-state index < -0.39 is 11.9 Å². The van der Waals surface area contributed by atoms with Gasteiger partial charge in [0.05, 0.1) is 26.4 Å². The second-order valence-electron chi connectivity index (χ2n) is 4.78. The first-order valence-corrected chi connectivity index (χ1v) is 6.82. The maximum atomic E-state index is 11.9. The van der Waals surface area contributed by atoms with Gasteiger partial charge in [0.25, 0.3) is 0 Å². The van der Waals surface area contributed by atoms with Crippen LogP contribution in [-0.4, -0.2) is 38.7 Å². The van der Waals surface area contributed by atoms with E-state index in [1.807, 2.05) is 30.3 Å². The Morgan fingerprint density at radius 1 is 1.14 bits per heavy atom. The first-order chi connectivity index (χ1) is 10.1. The van der Waals surface area contributed by atoms with E-state index in [1.54, 1.807) is 6.92 Å². The van der Waals surface area contributed by atoms with Gasteiger partial charge in [-0.1, -0.05) is 37.3 Å². The molecular formula is C16H22O5. The third-order valence-corrected chi connectivity index (χ3v) is 3.31. The molecule has 0 aromatic heterocycles. The van der Waals surface area contributed by atoms with E-state index in [2.05, 4.69) is 4.74 Å². The molecule has 0 amide bonds. The van der Waals surface area contributed by atoms with Crippen molar-refractivity contribution in [2.75, 3.05) is 20.8 Å². The summed E-state index contributed by atoms with van der Waals surface area (Å²) in [7, 11) is 2.79. The summed E-state index contributed by atoms with van der Waals surface area (Å²) in [5.74, 6) is -1.17. The van der Waals surface area contributed by atoms with E-state index >= 15 is 0 Å². The highest BCUT2D eigenvalue weighted by Gasteiger charge is 2.25. The third kappa shape index (κ3) is 6.06. The standard InChI is InChI=1S/C16H22O5/c1-12(14(17)9-16(18)20-3)15(19-2)11-21-10-13-7-5-4-6-8-13/h4-8,12,15H,9-11H2,1-3H3. The van der Waals surface area contributed by atoms with E-state index in [-0.39, 0.29) is 18.3 Å². The van der Waals surface area contributed by atoms with Gasteiger partial charge in [0.1, 0.15) is 12.2 Å². The summed E-state index contributed by atoms with van der Waals surface area (Å²) >= 11 is 0. The minimum absolute atomic E-state index is 0.211. The molecule has 0 spiro atoms. The molecule has 0 radical (unpaired) electrons. The monoisotopic (exact) mass is 294 g/mol. The predicted octanol–water partition coefficient (Wildman–Crippen LogP) is 1.99. The van der Waals surface area contributed by atoms with Crippen LogP contribution in [0.2, 0.25) is 0 Å². The first kappa shape index (κ1) is 17.3. The number of methoxy groups -OCH3 is 2. The first-order valence-electron chi connectivity index (χ1n) is 6.82. The summed E-state index contributed by atoms with van der Waals surface area (Å²) in [6.45, 7) is 2.48. The Morgan fingerprint density at radius 2 is 1.81 bits per heavy atom. The van der Waals surface area contributed by atoms with Crippen molar-refractivity contribution in [1.29, 1.82) is 0 Å². The lowest BCUT2D eigenvalue weighted by Crippen LogP contribution is -2.33. The van der Waals surface area contributed by atoms with Crippen LogP contribution < -0.4 is 0 Å². The molecule has 5 nitrogen and oxygen atoms in total. The van der Waals surface area contributed by atoms with Crippen molar-refractivity contribution in [1.82, 2.24) is 0 Å². The summed E-state index contributed by atoms with van der Waals surface area (Å²) in [6, 6.07) is 9.75. The molecule has 0 heterocycles. The second-order valence-corrected chi connectivity index (χ2v) is 4.78. The van der Waals surface area contributed by atoms with Crippen molar-refractivity contribution in [2.45, 2.75) is 26.1 Å². The fraction of sp³-hybridized carbons (Fsp3) is 0.500. The summed E-state index contributed by atoms with van der Waals surface area (Å²) in [4.78, 5) is 23.0. The number of rotatable bonds is 9. The number of ketones is 1. The largest absolute Gasteiger partial charge is 0.469 e. The fourth-order valence-corrected chi connectivity index (χ4v) is 1.87. The van der Waals surface area contributed by atoms with E-state index in [4.69, 9.17) is 9.47 Å². The quantitative estimate of drug-likeness (QED) is 0.515. The van der Waals surface area contributed by atoms with Gasteiger partial charge in [-0.25, -0.2) is 0 Å². The normalized spacial score (nSPS) is 13.5. The number of carbonyl (C=O) groups is 2. The highest BCUT2D eigenvalue weighted by molar-refractivity contribution is 5.96. The summed E-state index contributed by atoms with van der Waals surface area (Å²) in [6.07, 6.45) is -0.623. The second kappa shape index (κ2) is 9.26. The van der Waals surface area contributed by atoms with Gasteiger partial charge in [0, 0.05) is 13.0 Å². The van der Waals surface area contributed by atoms with Crippen LogP contribution in [0.4, 0.5) is 0 Å². The fourth-order valence-electron chi connectivity index (χ4n) is 1.87. The lowest BCUT2D eigenvalue weighted by atomic mass is 9.98. The van der Waals surface area contributed by atoms with E-state index in [0.717, 1.165) is 5.56 Å². The zero-order valence-electron chi connectivity index (χ0n) is 12.7. The van der Waals surface area contributed by atoms with Gasteiger partial charge in [0.15, 0.2) is 0 Å². The number of carbonyl (C=O) groups excluding carboxylic acids is 2. The molecule has 1 aromatic rings. The van der Waals surface area contributed by atoms with Crippen LogP contribution in [0.3, 0.4) is 0 Å². The molecule has 2 atom stereocenters. The predicted molar refractivity (Wildman–Crippen MR) is 77.7 cm³/mol. The van der Waals surface area contributed by atoms with Crippen LogP contribution >= 0.6 is 0 Å². The minimum Gasteiger partial charge on any atom is -0.469 e. The Kier molecular flexibility index (Phi) is 7.64. The van der Waals surface area contributed by atoms with Crippen LogP contribution in [-0.2, 0) is 30.4 Å². The molecule has 0 aliphatic heterocycles. The van der Waals surface area contributed by atoms with Crippen molar-refractivity contribution in [3.8, 4) is 0 Å². The smallest absolute Gasteiger partial charge is 0.313 e. The van der Waals surface area contributed by atoms with Crippen molar-refractivity contribution in [2.24, 2.45) is 5.92 Å². The SMILES string of the molecule is COC(=O)CC(=O)C(C)C(COCc1ccccc1)OC. The molecule has 0 aliphatic rings. The molecule has 0 saturated carbocycles. The molecule has 0 bridgehead atoms. The number of benzene rings is 1. The van der Waals surface area contributed by atoms with Gasteiger partial charge in [-0.05, 0) is 5.56 Å². The van der Waals surface area contributed by atoms with E-state index in [1.165, 1.54) is 14.2 Å². The maximum absolute atomic E-state index is 11.9. The highest BCUT2D eigenvalue weighted by atomic mass is 16.5. The molecule has 0 aliphatic carbocycles. The average molecular weight is 294 g/mol. The molecule has 1 rings (SSSR count). The van der Waals surface area contributed by atoms with Crippen molar-refractivity contribution in [3.05, 3.63) is 35.9 Å². The molecule has 0 fully saturated rings. The Hall–Kier alpha value is -1.72. The Labute approximate surface area is 125 Å². The van der Waals surface area contributed by atoms with Crippen LogP contribution in [0.25, 0.3) is 0 Å². The van der Waals surface area contributed by atoms with Gasteiger partial charge >= 0.3 is 5.97 Å². The van der Waals surface area contributed by atoms with Gasteiger partial charge < -0.3 is 14.2 Å². The highest BCUT2D eigenvalue weighted by Crippen LogP contribution is 2.12.